The van der Waals surface area contributed by atoms with Crippen LogP contribution in [0.2, 0.25) is 0 Å². The number of aryl methyl sites for hydroxylation is 1. The van der Waals surface area contributed by atoms with E-state index >= 15 is 0 Å². The summed E-state index contributed by atoms with van der Waals surface area (Å²) in [6.45, 7) is 4.80. The van der Waals surface area contributed by atoms with Gasteiger partial charge in [-0.2, -0.15) is 0 Å². The van der Waals surface area contributed by atoms with Crippen molar-refractivity contribution in [2.45, 2.75) is 43.3 Å². The molecule has 2 aromatic heterocycles. The van der Waals surface area contributed by atoms with Gasteiger partial charge in [-0.05, 0) is 31.0 Å². The fraction of sp³-hybridized carbons (Fsp3) is 0.368. The summed E-state index contributed by atoms with van der Waals surface area (Å²) < 4.78 is 14.1. The summed E-state index contributed by atoms with van der Waals surface area (Å²) in [6, 6.07) is 11.5. The molecule has 26 heavy (non-hydrogen) atoms. The largest absolute Gasteiger partial charge is 0.287 e. The van der Waals surface area contributed by atoms with Crippen LogP contribution >= 0.6 is 23.1 Å². The third-order valence-corrected chi connectivity index (χ3v) is 7.75. The summed E-state index contributed by atoms with van der Waals surface area (Å²) in [5, 5.41) is 1.46. The molecule has 0 spiro atoms. The van der Waals surface area contributed by atoms with Gasteiger partial charge in [0.25, 0.3) is 5.56 Å². The van der Waals surface area contributed by atoms with Gasteiger partial charge in [0.05, 0.1) is 16.2 Å². The van der Waals surface area contributed by atoms with E-state index in [9.17, 15) is 9.00 Å². The van der Waals surface area contributed by atoms with Crippen molar-refractivity contribution in [2.75, 3.05) is 11.5 Å². The highest BCUT2D eigenvalue weighted by Gasteiger charge is 2.14. The lowest BCUT2D eigenvalue weighted by atomic mass is 10.3. The molecule has 0 aliphatic heterocycles. The lowest BCUT2D eigenvalue weighted by Gasteiger charge is -2.10. The molecule has 0 N–H and O–H groups in total. The molecule has 0 fully saturated rings. The highest BCUT2D eigenvalue weighted by Crippen LogP contribution is 2.25. The lowest BCUT2D eigenvalue weighted by Crippen LogP contribution is -2.23. The minimum atomic E-state index is -1.03. The number of rotatable bonds is 8. The quantitative estimate of drug-likeness (QED) is 0.413. The zero-order valence-electron chi connectivity index (χ0n) is 14.9. The molecule has 4 nitrogen and oxygen atoms in total. The first-order valence-corrected chi connectivity index (χ1v) is 11.9. The first-order valence-electron chi connectivity index (χ1n) is 8.73. The van der Waals surface area contributed by atoms with E-state index < -0.39 is 10.8 Å². The Labute approximate surface area is 164 Å². The van der Waals surface area contributed by atoms with E-state index in [0.717, 1.165) is 33.1 Å². The van der Waals surface area contributed by atoms with Crippen LogP contribution in [-0.4, -0.2) is 25.3 Å². The predicted octanol–water partition coefficient (Wildman–Crippen LogP) is 4.33. The van der Waals surface area contributed by atoms with Crippen molar-refractivity contribution in [3.63, 3.8) is 0 Å². The molecule has 7 heteroatoms. The normalized spacial score (nSPS) is 12.5. The monoisotopic (exact) mass is 406 g/mol. The van der Waals surface area contributed by atoms with Crippen LogP contribution < -0.4 is 5.56 Å². The second-order valence-electron chi connectivity index (χ2n) is 5.85. The molecule has 1 unspecified atom stereocenters. The van der Waals surface area contributed by atoms with Crippen molar-refractivity contribution in [1.29, 1.82) is 0 Å². The van der Waals surface area contributed by atoms with E-state index in [1.165, 1.54) is 16.6 Å². The Hall–Kier alpha value is -1.44. The zero-order chi connectivity index (χ0) is 18.5. The molecule has 3 aromatic rings. The van der Waals surface area contributed by atoms with E-state index in [4.69, 9.17) is 4.98 Å². The molecular weight excluding hydrogens is 384 g/mol. The summed E-state index contributed by atoms with van der Waals surface area (Å²) in [5.41, 5.74) is 0.0412. The van der Waals surface area contributed by atoms with Gasteiger partial charge in [0.15, 0.2) is 5.16 Å². The number of nitrogens with zero attached hydrogens (tertiary/aromatic N) is 2. The molecular formula is C19H22N2O2S3. The van der Waals surface area contributed by atoms with Crippen molar-refractivity contribution >= 4 is 44.1 Å². The number of thioether (sulfide) groups is 1. The van der Waals surface area contributed by atoms with E-state index in [-0.39, 0.29) is 5.56 Å². The number of hydrogen-bond acceptors (Lipinski definition) is 5. The molecule has 0 radical (unpaired) electrons. The first-order chi connectivity index (χ1) is 12.6. The van der Waals surface area contributed by atoms with Crippen LogP contribution in [0.25, 0.3) is 10.2 Å². The summed E-state index contributed by atoms with van der Waals surface area (Å²) in [4.78, 5) is 20.4. The fourth-order valence-electron chi connectivity index (χ4n) is 2.65. The SMILES string of the molecule is CCCn1c(SCCS(=O)c2ccccc2)nc2sc(CC)cc2c1=O. The van der Waals surface area contributed by atoms with Crippen molar-refractivity contribution in [3.05, 3.63) is 51.6 Å². The number of benzene rings is 1. The second kappa shape index (κ2) is 8.97. The highest BCUT2D eigenvalue weighted by molar-refractivity contribution is 8.00. The van der Waals surface area contributed by atoms with Gasteiger partial charge in [-0.1, -0.05) is 43.8 Å². The molecule has 1 atom stereocenters. The lowest BCUT2D eigenvalue weighted by molar-refractivity contribution is 0.585. The predicted molar refractivity (Wildman–Crippen MR) is 112 cm³/mol. The highest BCUT2D eigenvalue weighted by atomic mass is 32.2. The number of fused-ring (bicyclic) bond motifs is 1. The Morgan fingerprint density at radius 2 is 2.00 bits per heavy atom. The molecule has 0 bridgehead atoms. The van der Waals surface area contributed by atoms with Crippen LogP contribution in [0.15, 0.2) is 51.2 Å². The summed E-state index contributed by atoms with van der Waals surface area (Å²) in [7, 11) is -1.03. The third-order valence-electron chi connectivity index (χ3n) is 3.97. The Morgan fingerprint density at radius 3 is 2.69 bits per heavy atom. The van der Waals surface area contributed by atoms with Crippen LogP contribution in [0.1, 0.15) is 25.1 Å². The van der Waals surface area contributed by atoms with E-state index in [0.29, 0.717) is 18.1 Å². The maximum atomic E-state index is 12.8. The van der Waals surface area contributed by atoms with Gasteiger partial charge in [-0.15, -0.1) is 11.3 Å². The van der Waals surface area contributed by atoms with Crippen molar-refractivity contribution in [2.24, 2.45) is 0 Å². The molecule has 0 saturated carbocycles. The Morgan fingerprint density at radius 1 is 1.23 bits per heavy atom. The van der Waals surface area contributed by atoms with Gasteiger partial charge >= 0.3 is 0 Å². The molecule has 1 aromatic carbocycles. The van der Waals surface area contributed by atoms with Gasteiger partial charge in [0.2, 0.25) is 0 Å². The van der Waals surface area contributed by atoms with Crippen LogP contribution in [0, 0.1) is 0 Å². The van der Waals surface area contributed by atoms with Crippen molar-refractivity contribution in [3.8, 4) is 0 Å². The van der Waals surface area contributed by atoms with Crippen LogP contribution in [0.4, 0.5) is 0 Å². The first kappa shape index (κ1) is 19.3. The maximum Gasteiger partial charge on any atom is 0.262 e. The second-order valence-corrected chi connectivity index (χ2v) is 9.60. The van der Waals surface area contributed by atoms with Crippen LogP contribution in [0.3, 0.4) is 0 Å². The Balaban J connectivity index is 1.81. The molecule has 3 rings (SSSR count). The minimum Gasteiger partial charge on any atom is -0.287 e. The molecule has 138 valence electrons. The van der Waals surface area contributed by atoms with Gasteiger partial charge in [-0.25, -0.2) is 4.98 Å². The summed E-state index contributed by atoms with van der Waals surface area (Å²) >= 11 is 3.11. The molecule has 0 aliphatic carbocycles. The van der Waals surface area contributed by atoms with E-state index in [1.807, 2.05) is 36.4 Å². The number of hydrogen-bond donors (Lipinski definition) is 0. The number of thiophene rings is 1. The number of aromatic nitrogens is 2. The minimum absolute atomic E-state index is 0.0412. The molecule has 0 aliphatic rings. The molecule has 2 heterocycles. The standard InChI is InChI=1S/C19H22N2O2S3/c1-3-10-21-18(22)16-13-14(4-2)25-17(16)20-19(21)24-11-12-26(23)15-8-6-5-7-9-15/h5-9,13H,3-4,10-12H2,1-2H3. The smallest absolute Gasteiger partial charge is 0.262 e. The van der Waals surface area contributed by atoms with Gasteiger partial charge < -0.3 is 0 Å². The molecule has 0 amide bonds. The average Bonchev–Trinajstić information content (AvgIpc) is 3.09. The fourth-order valence-corrected chi connectivity index (χ4v) is 5.97. The zero-order valence-corrected chi connectivity index (χ0v) is 17.4. The van der Waals surface area contributed by atoms with Crippen LogP contribution in [-0.2, 0) is 23.8 Å². The summed E-state index contributed by atoms with van der Waals surface area (Å²) in [6.07, 6.45) is 1.79. The van der Waals surface area contributed by atoms with Gasteiger partial charge in [0.1, 0.15) is 4.83 Å². The topological polar surface area (TPSA) is 52.0 Å². The van der Waals surface area contributed by atoms with Gasteiger partial charge in [0, 0.05) is 27.8 Å². The van der Waals surface area contributed by atoms with E-state index in [2.05, 4.69) is 13.8 Å². The maximum absolute atomic E-state index is 12.8. The summed E-state index contributed by atoms with van der Waals surface area (Å²) in [5.74, 6) is 1.20. The third kappa shape index (κ3) is 4.27. The van der Waals surface area contributed by atoms with Crippen LogP contribution in [0.5, 0.6) is 0 Å². The van der Waals surface area contributed by atoms with E-state index in [1.54, 1.807) is 15.9 Å². The van der Waals surface area contributed by atoms with Crippen molar-refractivity contribution in [1.82, 2.24) is 9.55 Å². The molecule has 0 saturated heterocycles. The Kier molecular flexibility index (Phi) is 6.67. The van der Waals surface area contributed by atoms with Crippen molar-refractivity contribution < 1.29 is 4.21 Å². The average molecular weight is 407 g/mol. The Bertz CT molecular complexity index is 964. The van der Waals surface area contributed by atoms with Gasteiger partial charge in [-0.3, -0.25) is 13.6 Å².